The van der Waals surface area contributed by atoms with Crippen molar-refractivity contribution in [3.63, 3.8) is 0 Å². The third-order valence-electron chi connectivity index (χ3n) is 3.19. The van der Waals surface area contributed by atoms with Crippen molar-refractivity contribution in [2.75, 3.05) is 13.2 Å². The van der Waals surface area contributed by atoms with Crippen molar-refractivity contribution < 1.29 is 13.5 Å². The van der Waals surface area contributed by atoms with Gasteiger partial charge < -0.3 is 10.5 Å². The molecule has 2 rings (SSSR count). The largest absolute Gasteiger partial charge is 0.381 e. The van der Waals surface area contributed by atoms with E-state index in [4.69, 9.17) is 22.1 Å². The maximum atomic E-state index is 13.7. The lowest BCUT2D eigenvalue weighted by atomic mass is 9.87. The Hall–Kier alpha value is -0.420. The van der Waals surface area contributed by atoms with E-state index in [1.54, 1.807) is 0 Å². The van der Waals surface area contributed by atoms with Crippen LogP contribution in [0.15, 0.2) is 12.1 Å². The van der Waals surface area contributed by atoms with E-state index in [0.29, 0.717) is 13.2 Å². The molecule has 1 aromatic rings. The van der Waals surface area contributed by atoms with Gasteiger partial charge in [0.15, 0.2) is 0 Å². The molecule has 6 heteroatoms. The summed E-state index contributed by atoms with van der Waals surface area (Å²) in [6.07, 6.45) is 1.49. The maximum absolute atomic E-state index is 13.7. The summed E-state index contributed by atoms with van der Waals surface area (Å²) in [4.78, 5) is 0. The van der Waals surface area contributed by atoms with Crippen molar-refractivity contribution in [2.45, 2.75) is 18.9 Å². The molecule has 0 radical (unpaired) electrons. The minimum absolute atomic E-state index is 0. The molecule has 2 nitrogen and oxygen atoms in total. The van der Waals surface area contributed by atoms with Crippen molar-refractivity contribution >= 4 is 24.0 Å². The lowest BCUT2D eigenvalue weighted by Crippen LogP contribution is -2.28. The van der Waals surface area contributed by atoms with Crippen molar-refractivity contribution in [2.24, 2.45) is 11.7 Å². The summed E-state index contributed by atoms with van der Waals surface area (Å²) < 4.78 is 32.2. The van der Waals surface area contributed by atoms with E-state index >= 15 is 0 Å². The SMILES string of the molecule is Cl.N[C@@H](c1c(F)ccc(F)c1Cl)C1CCOCC1. The summed E-state index contributed by atoms with van der Waals surface area (Å²) in [7, 11) is 0. The van der Waals surface area contributed by atoms with Crippen LogP contribution >= 0.6 is 24.0 Å². The Labute approximate surface area is 116 Å². The molecule has 0 saturated carbocycles. The minimum atomic E-state index is -0.634. The second-order valence-electron chi connectivity index (χ2n) is 4.23. The van der Waals surface area contributed by atoms with Gasteiger partial charge in [-0.1, -0.05) is 11.6 Å². The van der Waals surface area contributed by atoms with Crippen LogP contribution in [0, 0.1) is 17.6 Å². The number of nitrogens with two attached hydrogens (primary N) is 1. The first-order valence-corrected chi connectivity index (χ1v) is 5.95. The first-order valence-electron chi connectivity index (χ1n) is 5.58. The molecule has 0 aromatic heterocycles. The van der Waals surface area contributed by atoms with Crippen molar-refractivity contribution in [3.8, 4) is 0 Å². The van der Waals surface area contributed by atoms with Crippen LogP contribution in [-0.2, 0) is 4.74 Å². The van der Waals surface area contributed by atoms with E-state index < -0.39 is 17.7 Å². The number of hydrogen-bond acceptors (Lipinski definition) is 2. The molecule has 1 aliphatic heterocycles. The zero-order valence-electron chi connectivity index (χ0n) is 9.67. The first-order chi connectivity index (χ1) is 8.11. The Kier molecular flexibility index (Phi) is 5.79. The smallest absolute Gasteiger partial charge is 0.142 e. The summed E-state index contributed by atoms with van der Waals surface area (Å²) in [5, 5.41) is -0.205. The van der Waals surface area contributed by atoms with Gasteiger partial charge >= 0.3 is 0 Å². The fraction of sp³-hybridized carbons (Fsp3) is 0.500. The fourth-order valence-corrected chi connectivity index (χ4v) is 2.44. The summed E-state index contributed by atoms with van der Waals surface area (Å²) in [6.45, 7) is 1.21. The normalized spacial score (nSPS) is 18.2. The number of halogens is 4. The molecule has 0 amide bonds. The van der Waals surface area contributed by atoms with Gasteiger partial charge in [0.25, 0.3) is 0 Å². The predicted molar refractivity (Wildman–Crippen MR) is 69.1 cm³/mol. The number of hydrogen-bond donors (Lipinski definition) is 1. The maximum Gasteiger partial charge on any atom is 0.142 e. The lowest BCUT2D eigenvalue weighted by molar-refractivity contribution is 0.0580. The molecular formula is C12H15Cl2F2NO. The van der Waals surface area contributed by atoms with Crippen LogP contribution in [0.4, 0.5) is 8.78 Å². The number of ether oxygens (including phenoxy) is 1. The van der Waals surface area contributed by atoms with E-state index in [1.807, 2.05) is 0 Å². The van der Waals surface area contributed by atoms with Crippen molar-refractivity contribution in [1.29, 1.82) is 0 Å². The molecule has 1 heterocycles. The molecule has 102 valence electrons. The van der Waals surface area contributed by atoms with Gasteiger partial charge in [-0.05, 0) is 30.9 Å². The zero-order chi connectivity index (χ0) is 12.4. The van der Waals surface area contributed by atoms with Crippen LogP contribution in [0.3, 0.4) is 0 Å². The Morgan fingerprint density at radius 1 is 1.22 bits per heavy atom. The predicted octanol–water partition coefficient (Wildman–Crippen LogP) is 3.47. The van der Waals surface area contributed by atoms with Crippen molar-refractivity contribution in [1.82, 2.24) is 0 Å². The van der Waals surface area contributed by atoms with Crippen LogP contribution in [-0.4, -0.2) is 13.2 Å². The average Bonchev–Trinajstić information content (AvgIpc) is 2.35. The number of benzene rings is 1. The summed E-state index contributed by atoms with van der Waals surface area (Å²) in [5.74, 6) is -1.10. The van der Waals surface area contributed by atoms with E-state index in [9.17, 15) is 8.78 Å². The Balaban J connectivity index is 0.00000162. The van der Waals surface area contributed by atoms with Gasteiger partial charge in [0, 0.05) is 24.8 Å². The highest BCUT2D eigenvalue weighted by atomic mass is 35.5. The molecule has 0 bridgehead atoms. The molecule has 0 aliphatic carbocycles. The van der Waals surface area contributed by atoms with Crippen LogP contribution in [0.25, 0.3) is 0 Å². The molecule has 0 spiro atoms. The molecule has 18 heavy (non-hydrogen) atoms. The van der Waals surface area contributed by atoms with Gasteiger partial charge in [-0.3, -0.25) is 0 Å². The first kappa shape index (κ1) is 15.6. The lowest BCUT2D eigenvalue weighted by Gasteiger charge is -2.28. The standard InChI is InChI=1S/C12H14ClF2NO.ClH/c13-11-9(15)2-1-8(14)10(11)12(16)7-3-5-17-6-4-7;/h1-2,7,12H,3-6,16H2;1H/t12-;/m1./s1. The molecule has 2 N–H and O–H groups in total. The van der Waals surface area contributed by atoms with Crippen LogP contribution in [0.2, 0.25) is 5.02 Å². The molecule has 1 atom stereocenters. The molecule has 1 saturated heterocycles. The van der Waals surface area contributed by atoms with E-state index in [-0.39, 0.29) is 28.9 Å². The summed E-state index contributed by atoms with van der Waals surface area (Å²) >= 11 is 5.79. The zero-order valence-corrected chi connectivity index (χ0v) is 11.2. The van der Waals surface area contributed by atoms with Gasteiger partial charge in [-0.2, -0.15) is 0 Å². The van der Waals surface area contributed by atoms with E-state index in [1.165, 1.54) is 0 Å². The van der Waals surface area contributed by atoms with Gasteiger partial charge in [-0.15, -0.1) is 12.4 Å². The topological polar surface area (TPSA) is 35.2 Å². The van der Waals surface area contributed by atoms with E-state index in [2.05, 4.69) is 0 Å². The molecular weight excluding hydrogens is 283 g/mol. The Morgan fingerprint density at radius 2 is 1.78 bits per heavy atom. The quantitative estimate of drug-likeness (QED) is 0.849. The minimum Gasteiger partial charge on any atom is -0.381 e. The summed E-state index contributed by atoms with van der Waals surface area (Å²) in [5.41, 5.74) is 6.08. The fourth-order valence-electron chi connectivity index (χ4n) is 2.16. The Morgan fingerprint density at radius 3 is 2.39 bits per heavy atom. The molecule has 1 aliphatic rings. The molecule has 1 aromatic carbocycles. The summed E-state index contributed by atoms with van der Waals surface area (Å²) in [6, 6.07) is 1.50. The highest BCUT2D eigenvalue weighted by molar-refractivity contribution is 6.31. The Bertz CT molecular complexity index is 411. The van der Waals surface area contributed by atoms with Gasteiger partial charge in [0.2, 0.25) is 0 Å². The third-order valence-corrected chi connectivity index (χ3v) is 3.57. The number of rotatable bonds is 2. The average molecular weight is 298 g/mol. The van der Waals surface area contributed by atoms with Crippen LogP contribution in [0.1, 0.15) is 24.4 Å². The van der Waals surface area contributed by atoms with Gasteiger partial charge in [-0.25, -0.2) is 8.78 Å². The second-order valence-corrected chi connectivity index (χ2v) is 4.61. The van der Waals surface area contributed by atoms with Crippen LogP contribution < -0.4 is 5.73 Å². The highest BCUT2D eigenvalue weighted by Crippen LogP contribution is 2.34. The molecule has 1 fully saturated rings. The molecule has 0 unspecified atom stereocenters. The monoisotopic (exact) mass is 297 g/mol. The van der Waals surface area contributed by atoms with Gasteiger partial charge in [0.1, 0.15) is 11.6 Å². The second kappa shape index (κ2) is 6.66. The van der Waals surface area contributed by atoms with Gasteiger partial charge in [0.05, 0.1) is 5.02 Å². The highest BCUT2D eigenvalue weighted by Gasteiger charge is 2.27. The van der Waals surface area contributed by atoms with E-state index in [0.717, 1.165) is 25.0 Å². The van der Waals surface area contributed by atoms with Crippen LogP contribution in [0.5, 0.6) is 0 Å². The van der Waals surface area contributed by atoms with Crippen molar-refractivity contribution in [3.05, 3.63) is 34.4 Å². The third kappa shape index (κ3) is 3.12.